The zero-order chi connectivity index (χ0) is 11.6. The summed E-state index contributed by atoms with van der Waals surface area (Å²) in [6.45, 7) is 9.77. The summed E-state index contributed by atoms with van der Waals surface area (Å²) in [4.78, 5) is 2.68. The molecule has 1 saturated heterocycles. The number of nitrogens with one attached hydrogen (secondary N) is 1. The lowest BCUT2D eigenvalue weighted by molar-refractivity contribution is 0.117. The van der Waals surface area contributed by atoms with Crippen LogP contribution in [0.25, 0.3) is 0 Å². The van der Waals surface area contributed by atoms with E-state index in [2.05, 4.69) is 30.3 Å². The third-order valence-electron chi connectivity index (χ3n) is 4.01. The molecule has 1 N–H and O–H groups in total. The lowest BCUT2D eigenvalue weighted by atomic mass is 9.92. The van der Waals surface area contributed by atoms with Crippen LogP contribution in [-0.4, -0.2) is 48.6 Å². The largest absolute Gasteiger partial charge is 0.309 e. The summed E-state index contributed by atoms with van der Waals surface area (Å²) in [5.41, 5.74) is 0.414. The van der Waals surface area contributed by atoms with E-state index in [0.717, 1.165) is 11.8 Å². The molecule has 0 aromatic rings. The predicted molar refractivity (Wildman–Crippen MR) is 73.1 cm³/mol. The zero-order valence-electron chi connectivity index (χ0n) is 11.0. The van der Waals surface area contributed by atoms with Crippen LogP contribution in [0, 0.1) is 11.8 Å². The van der Waals surface area contributed by atoms with Gasteiger partial charge in [0.25, 0.3) is 0 Å². The lowest BCUT2D eigenvalue weighted by Gasteiger charge is -2.42. The smallest absolute Gasteiger partial charge is 0.0309 e. The third-order valence-corrected chi connectivity index (χ3v) is 4.91. The molecule has 1 heterocycles. The molecule has 2 atom stereocenters. The molecule has 0 radical (unpaired) electrons. The van der Waals surface area contributed by atoms with Gasteiger partial charge in [-0.1, -0.05) is 6.92 Å². The van der Waals surface area contributed by atoms with Gasteiger partial charge in [-0.15, -0.1) is 0 Å². The number of piperazine rings is 1. The molecule has 2 nitrogen and oxygen atoms in total. The fourth-order valence-corrected chi connectivity index (χ4v) is 3.70. The van der Waals surface area contributed by atoms with E-state index >= 15 is 0 Å². The fourth-order valence-electron chi connectivity index (χ4n) is 3.03. The van der Waals surface area contributed by atoms with Gasteiger partial charge in [-0.05, 0) is 43.6 Å². The van der Waals surface area contributed by atoms with Crippen LogP contribution in [0.4, 0.5) is 0 Å². The molecule has 3 heteroatoms. The van der Waals surface area contributed by atoms with E-state index in [1.165, 1.54) is 44.8 Å². The van der Waals surface area contributed by atoms with E-state index in [1.807, 2.05) is 11.8 Å². The summed E-state index contributed by atoms with van der Waals surface area (Å²) >= 11 is 1.97. The first-order chi connectivity index (χ1) is 7.64. The SMILES string of the molecule is CSCC(C)CN1CCNC(C)(C2CC2)C1. The molecule has 0 aromatic heterocycles. The maximum atomic E-state index is 3.75. The lowest BCUT2D eigenvalue weighted by Crippen LogP contribution is -2.60. The molecule has 2 rings (SSSR count). The van der Waals surface area contributed by atoms with Crippen molar-refractivity contribution in [3.8, 4) is 0 Å². The topological polar surface area (TPSA) is 15.3 Å². The maximum Gasteiger partial charge on any atom is 0.0309 e. The Morgan fingerprint density at radius 1 is 1.50 bits per heavy atom. The van der Waals surface area contributed by atoms with E-state index in [9.17, 15) is 0 Å². The minimum Gasteiger partial charge on any atom is -0.309 e. The highest BCUT2D eigenvalue weighted by atomic mass is 32.2. The molecule has 16 heavy (non-hydrogen) atoms. The average Bonchev–Trinajstić information content (AvgIpc) is 3.00. The minimum absolute atomic E-state index is 0.414. The highest BCUT2D eigenvalue weighted by molar-refractivity contribution is 7.98. The Kier molecular flexibility index (Phi) is 4.20. The summed E-state index contributed by atoms with van der Waals surface area (Å²) in [6, 6.07) is 0. The van der Waals surface area contributed by atoms with Gasteiger partial charge in [0.15, 0.2) is 0 Å². The number of thioether (sulfide) groups is 1. The number of nitrogens with zero attached hydrogens (tertiary/aromatic N) is 1. The second-order valence-corrected chi connectivity index (χ2v) is 6.82. The van der Waals surface area contributed by atoms with Crippen LogP contribution >= 0.6 is 11.8 Å². The van der Waals surface area contributed by atoms with Crippen molar-refractivity contribution in [2.45, 2.75) is 32.2 Å². The molecule has 0 aromatic carbocycles. The van der Waals surface area contributed by atoms with Crippen LogP contribution < -0.4 is 5.32 Å². The van der Waals surface area contributed by atoms with Gasteiger partial charge in [-0.25, -0.2) is 0 Å². The predicted octanol–water partition coefficient (Wildman–Crippen LogP) is 2.06. The molecule has 0 amide bonds. The second kappa shape index (κ2) is 5.28. The van der Waals surface area contributed by atoms with E-state index in [1.54, 1.807) is 0 Å². The molecule has 1 saturated carbocycles. The molecular weight excluding hydrogens is 216 g/mol. The molecule has 1 aliphatic heterocycles. The van der Waals surface area contributed by atoms with Crippen molar-refractivity contribution >= 4 is 11.8 Å². The van der Waals surface area contributed by atoms with Gasteiger partial charge in [-0.3, -0.25) is 4.90 Å². The normalized spacial score (nSPS) is 33.9. The summed E-state index contributed by atoms with van der Waals surface area (Å²) in [5, 5.41) is 3.75. The highest BCUT2D eigenvalue weighted by Gasteiger charge is 2.43. The Morgan fingerprint density at radius 3 is 2.88 bits per heavy atom. The first-order valence-electron chi connectivity index (χ1n) is 6.60. The average molecular weight is 242 g/mol. The quantitative estimate of drug-likeness (QED) is 0.794. The Hall–Kier alpha value is 0.270. The van der Waals surface area contributed by atoms with Crippen molar-refractivity contribution in [3.05, 3.63) is 0 Å². The molecule has 2 aliphatic rings. The van der Waals surface area contributed by atoms with Gasteiger partial charge >= 0.3 is 0 Å². The van der Waals surface area contributed by atoms with Crippen molar-refractivity contribution < 1.29 is 0 Å². The highest BCUT2D eigenvalue weighted by Crippen LogP contribution is 2.40. The van der Waals surface area contributed by atoms with Crippen molar-refractivity contribution in [2.24, 2.45) is 11.8 Å². The summed E-state index contributed by atoms with van der Waals surface area (Å²) in [6.07, 6.45) is 5.10. The monoisotopic (exact) mass is 242 g/mol. The number of hydrogen-bond acceptors (Lipinski definition) is 3. The van der Waals surface area contributed by atoms with Gasteiger partial charge < -0.3 is 5.32 Å². The molecule has 1 aliphatic carbocycles. The minimum atomic E-state index is 0.414. The molecule has 2 unspecified atom stereocenters. The van der Waals surface area contributed by atoms with Crippen molar-refractivity contribution in [1.82, 2.24) is 10.2 Å². The van der Waals surface area contributed by atoms with E-state index in [0.29, 0.717) is 5.54 Å². The van der Waals surface area contributed by atoms with E-state index < -0.39 is 0 Å². The maximum absolute atomic E-state index is 3.75. The molecule has 94 valence electrons. The van der Waals surface area contributed by atoms with Gasteiger partial charge in [0.1, 0.15) is 0 Å². The Labute approximate surface area is 105 Å². The van der Waals surface area contributed by atoms with Crippen molar-refractivity contribution in [2.75, 3.05) is 38.2 Å². The Bertz CT molecular complexity index is 230. The summed E-state index contributed by atoms with van der Waals surface area (Å²) < 4.78 is 0. The summed E-state index contributed by atoms with van der Waals surface area (Å²) in [5.74, 6) is 3.08. The van der Waals surface area contributed by atoms with Gasteiger partial charge in [0.05, 0.1) is 0 Å². The third kappa shape index (κ3) is 3.14. The van der Waals surface area contributed by atoms with E-state index in [4.69, 9.17) is 0 Å². The summed E-state index contributed by atoms with van der Waals surface area (Å²) in [7, 11) is 0. The van der Waals surface area contributed by atoms with Crippen LogP contribution in [0.3, 0.4) is 0 Å². The molecule has 0 bridgehead atoms. The standard InChI is InChI=1S/C13H26N2S/c1-11(9-16-3)8-15-7-6-14-13(2,10-15)12-4-5-12/h11-12,14H,4-10H2,1-3H3. The van der Waals surface area contributed by atoms with Crippen LogP contribution in [0.5, 0.6) is 0 Å². The molecule has 2 fully saturated rings. The van der Waals surface area contributed by atoms with Crippen molar-refractivity contribution in [3.63, 3.8) is 0 Å². The Balaban J connectivity index is 1.81. The van der Waals surface area contributed by atoms with Gasteiger partial charge in [-0.2, -0.15) is 11.8 Å². The number of hydrogen-bond donors (Lipinski definition) is 1. The fraction of sp³-hybridized carbons (Fsp3) is 1.00. The first kappa shape index (κ1) is 12.7. The van der Waals surface area contributed by atoms with Crippen LogP contribution in [0.1, 0.15) is 26.7 Å². The van der Waals surface area contributed by atoms with Crippen molar-refractivity contribution in [1.29, 1.82) is 0 Å². The van der Waals surface area contributed by atoms with Gasteiger partial charge in [0, 0.05) is 31.7 Å². The molecule has 0 spiro atoms. The van der Waals surface area contributed by atoms with Crippen LogP contribution in [-0.2, 0) is 0 Å². The number of rotatable bonds is 5. The first-order valence-corrected chi connectivity index (χ1v) is 8.00. The zero-order valence-corrected chi connectivity index (χ0v) is 11.8. The van der Waals surface area contributed by atoms with E-state index in [-0.39, 0.29) is 0 Å². The second-order valence-electron chi connectivity index (χ2n) is 5.91. The molecular formula is C13H26N2S. The van der Waals surface area contributed by atoms with Crippen LogP contribution in [0.15, 0.2) is 0 Å². The Morgan fingerprint density at radius 2 is 2.25 bits per heavy atom. The van der Waals surface area contributed by atoms with Crippen LogP contribution in [0.2, 0.25) is 0 Å². The van der Waals surface area contributed by atoms with Gasteiger partial charge in [0.2, 0.25) is 0 Å².